The summed E-state index contributed by atoms with van der Waals surface area (Å²) >= 11 is 0. The Labute approximate surface area is 222 Å². The van der Waals surface area contributed by atoms with Crippen molar-refractivity contribution < 1.29 is 24.2 Å². The van der Waals surface area contributed by atoms with Gasteiger partial charge in [-0.3, -0.25) is 14.0 Å². The van der Waals surface area contributed by atoms with Crippen LogP contribution < -0.4 is 20.7 Å². The first-order chi connectivity index (χ1) is 18.2. The molecular formula is C26H39N7O5. The SMILES string of the molecule is COCCOc1ccc2c(c1)nc(NCCCCNC(=O)[C@@H](NC(=O)CC(C)C)C(C)O)c1nnc(C)n12. The number of nitrogens with one attached hydrogen (secondary N) is 3. The van der Waals surface area contributed by atoms with E-state index in [2.05, 4.69) is 26.1 Å². The van der Waals surface area contributed by atoms with Gasteiger partial charge in [-0.1, -0.05) is 13.8 Å². The molecule has 2 aromatic heterocycles. The summed E-state index contributed by atoms with van der Waals surface area (Å²) in [6.07, 6.45) is 0.745. The van der Waals surface area contributed by atoms with Gasteiger partial charge in [0.1, 0.15) is 24.2 Å². The molecule has 12 nitrogen and oxygen atoms in total. The van der Waals surface area contributed by atoms with Crippen molar-refractivity contribution in [2.75, 3.05) is 38.7 Å². The molecule has 3 aromatic rings. The summed E-state index contributed by atoms with van der Waals surface area (Å²) in [4.78, 5) is 29.3. The van der Waals surface area contributed by atoms with Crippen LogP contribution in [0.3, 0.4) is 0 Å². The Kier molecular flexibility index (Phi) is 10.6. The van der Waals surface area contributed by atoms with Crippen LogP contribution in [0.15, 0.2) is 18.2 Å². The maximum absolute atomic E-state index is 12.5. The molecule has 208 valence electrons. The molecule has 4 N–H and O–H groups in total. The standard InChI is InChI=1S/C26H39N7O5/c1-16(2)14-22(35)30-23(17(3)34)26(36)28-11-7-6-10-27-24-25-32-31-18(4)33(25)21-9-8-19(15-20(21)29-24)38-13-12-37-5/h8-9,15-17,23,34H,6-7,10-14H2,1-5H3,(H,27,29)(H,28,36)(H,30,35)/t17?,23-/m0/s1. The van der Waals surface area contributed by atoms with Crippen LogP contribution in [-0.4, -0.2) is 82.1 Å². The van der Waals surface area contributed by atoms with Gasteiger partial charge in [-0.05, 0) is 44.7 Å². The summed E-state index contributed by atoms with van der Waals surface area (Å²) < 4.78 is 12.7. The molecule has 1 unspecified atom stereocenters. The van der Waals surface area contributed by atoms with Gasteiger partial charge in [0.15, 0.2) is 5.82 Å². The highest BCUT2D eigenvalue weighted by molar-refractivity contribution is 5.88. The number of benzene rings is 1. The molecular weight excluding hydrogens is 490 g/mol. The van der Waals surface area contributed by atoms with Crippen molar-refractivity contribution >= 4 is 34.3 Å². The highest BCUT2D eigenvalue weighted by atomic mass is 16.5. The quantitative estimate of drug-likeness (QED) is 0.216. The molecule has 38 heavy (non-hydrogen) atoms. The molecule has 0 bridgehead atoms. The number of carbonyl (C=O) groups excluding carboxylic acids is 2. The van der Waals surface area contributed by atoms with Crippen molar-refractivity contribution in [3.63, 3.8) is 0 Å². The van der Waals surface area contributed by atoms with Crippen molar-refractivity contribution in [3.8, 4) is 5.75 Å². The summed E-state index contributed by atoms with van der Waals surface area (Å²) in [5.41, 5.74) is 2.25. The number of aryl methyl sites for hydroxylation is 1. The number of unbranched alkanes of at least 4 members (excludes halogenated alkanes) is 1. The minimum absolute atomic E-state index is 0.163. The normalized spacial score (nSPS) is 13.0. The van der Waals surface area contributed by atoms with E-state index in [4.69, 9.17) is 14.5 Å². The van der Waals surface area contributed by atoms with Gasteiger partial charge in [-0.2, -0.15) is 0 Å². The van der Waals surface area contributed by atoms with Gasteiger partial charge in [0.05, 0.1) is 23.7 Å². The fourth-order valence-corrected chi connectivity index (χ4v) is 3.99. The lowest BCUT2D eigenvalue weighted by molar-refractivity contribution is -0.131. The van der Waals surface area contributed by atoms with Crippen LogP contribution in [0, 0.1) is 12.8 Å². The number of rotatable bonds is 15. The summed E-state index contributed by atoms with van der Waals surface area (Å²) in [7, 11) is 1.63. The van der Waals surface area contributed by atoms with E-state index in [0.29, 0.717) is 56.4 Å². The Balaban J connectivity index is 1.56. The van der Waals surface area contributed by atoms with E-state index in [1.54, 1.807) is 7.11 Å². The number of aromatic nitrogens is 4. The van der Waals surface area contributed by atoms with Gasteiger partial charge >= 0.3 is 0 Å². The second-order valence-corrected chi connectivity index (χ2v) is 9.67. The van der Waals surface area contributed by atoms with Crippen LogP contribution in [0.25, 0.3) is 16.7 Å². The van der Waals surface area contributed by atoms with Crippen molar-refractivity contribution in [2.45, 2.75) is 59.1 Å². The smallest absolute Gasteiger partial charge is 0.245 e. The number of nitrogens with zero attached hydrogens (tertiary/aromatic N) is 4. The molecule has 0 spiro atoms. The fraction of sp³-hybridized carbons (Fsp3) is 0.577. The molecule has 0 saturated heterocycles. The van der Waals surface area contributed by atoms with Crippen molar-refractivity contribution in [1.29, 1.82) is 0 Å². The van der Waals surface area contributed by atoms with Gasteiger partial charge in [0.2, 0.25) is 17.5 Å². The monoisotopic (exact) mass is 529 g/mol. The lowest BCUT2D eigenvalue weighted by Crippen LogP contribution is -2.52. The maximum Gasteiger partial charge on any atom is 0.245 e. The fourth-order valence-electron chi connectivity index (χ4n) is 3.99. The van der Waals surface area contributed by atoms with E-state index in [0.717, 1.165) is 23.3 Å². The maximum atomic E-state index is 12.5. The Morgan fingerprint density at radius 3 is 2.58 bits per heavy atom. The van der Waals surface area contributed by atoms with Gasteiger partial charge in [0, 0.05) is 32.7 Å². The Morgan fingerprint density at radius 2 is 1.87 bits per heavy atom. The third-order valence-corrected chi connectivity index (χ3v) is 5.88. The molecule has 3 rings (SSSR count). The van der Waals surface area contributed by atoms with E-state index in [1.807, 2.05) is 43.4 Å². The zero-order valence-electron chi connectivity index (χ0n) is 22.8. The predicted molar refractivity (Wildman–Crippen MR) is 144 cm³/mol. The number of aliphatic hydroxyl groups excluding tert-OH is 1. The first kappa shape index (κ1) is 29.1. The van der Waals surface area contributed by atoms with E-state index in [9.17, 15) is 14.7 Å². The number of hydrogen-bond donors (Lipinski definition) is 4. The molecule has 2 heterocycles. The van der Waals surface area contributed by atoms with Crippen LogP contribution in [0.4, 0.5) is 5.82 Å². The highest BCUT2D eigenvalue weighted by Gasteiger charge is 2.25. The van der Waals surface area contributed by atoms with E-state index in [1.165, 1.54) is 6.92 Å². The first-order valence-electron chi connectivity index (χ1n) is 13.0. The average molecular weight is 530 g/mol. The number of ether oxygens (including phenoxy) is 2. The van der Waals surface area contributed by atoms with Crippen molar-refractivity contribution in [2.24, 2.45) is 5.92 Å². The molecule has 0 radical (unpaired) electrons. The van der Waals surface area contributed by atoms with E-state index >= 15 is 0 Å². The minimum atomic E-state index is -0.994. The van der Waals surface area contributed by atoms with Crippen LogP contribution in [-0.2, 0) is 14.3 Å². The lowest BCUT2D eigenvalue weighted by Gasteiger charge is -2.21. The molecule has 1 aromatic carbocycles. The molecule has 0 aliphatic carbocycles. The molecule has 0 saturated carbocycles. The zero-order chi connectivity index (χ0) is 27.7. The van der Waals surface area contributed by atoms with Crippen LogP contribution in [0.2, 0.25) is 0 Å². The Morgan fingerprint density at radius 1 is 1.11 bits per heavy atom. The second kappa shape index (κ2) is 13.9. The minimum Gasteiger partial charge on any atom is -0.491 e. The molecule has 2 amide bonds. The number of anilines is 1. The summed E-state index contributed by atoms with van der Waals surface area (Å²) in [6.45, 7) is 9.17. The third-order valence-electron chi connectivity index (χ3n) is 5.88. The van der Waals surface area contributed by atoms with Crippen LogP contribution in [0.1, 0.15) is 45.9 Å². The van der Waals surface area contributed by atoms with Crippen LogP contribution in [0.5, 0.6) is 5.75 Å². The molecule has 2 atom stereocenters. The Hall–Kier alpha value is -3.51. The van der Waals surface area contributed by atoms with Crippen molar-refractivity contribution in [1.82, 2.24) is 30.2 Å². The van der Waals surface area contributed by atoms with Gasteiger partial charge in [0.25, 0.3) is 0 Å². The lowest BCUT2D eigenvalue weighted by atomic mass is 10.1. The van der Waals surface area contributed by atoms with Gasteiger partial charge < -0.3 is 30.5 Å². The number of aliphatic hydroxyl groups is 1. The first-order valence-corrected chi connectivity index (χ1v) is 13.0. The second-order valence-electron chi connectivity index (χ2n) is 9.67. The summed E-state index contributed by atoms with van der Waals surface area (Å²) in [6, 6.07) is 4.72. The van der Waals surface area contributed by atoms with Crippen LogP contribution >= 0.6 is 0 Å². The summed E-state index contributed by atoms with van der Waals surface area (Å²) in [5, 5.41) is 27.2. The average Bonchev–Trinajstić information content (AvgIpc) is 3.25. The molecule has 0 aliphatic rings. The number of carbonyl (C=O) groups is 2. The van der Waals surface area contributed by atoms with E-state index < -0.39 is 18.1 Å². The number of methoxy groups -OCH3 is 1. The number of amides is 2. The molecule has 12 heteroatoms. The Bertz CT molecular complexity index is 1230. The molecule has 0 fully saturated rings. The number of fused-ring (bicyclic) bond motifs is 3. The predicted octanol–water partition coefficient (Wildman–Crippen LogP) is 1.83. The topological polar surface area (TPSA) is 152 Å². The molecule has 0 aliphatic heterocycles. The van der Waals surface area contributed by atoms with E-state index in [-0.39, 0.29) is 11.8 Å². The van der Waals surface area contributed by atoms with Gasteiger partial charge in [-0.15, -0.1) is 10.2 Å². The van der Waals surface area contributed by atoms with Gasteiger partial charge in [-0.25, -0.2) is 4.98 Å². The zero-order valence-corrected chi connectivity index (χ0v) is 22.8. The number of hydrogen-bond acceptors (Lipinski definition) is 9. The van der Waals surface area contributed by atoms with Crippen molar-refractivity contribution in [3.05, 3.63) is 24.0 Å². The third kappa shape index (κ3) is 7.75. The summed E-state index contributed by atoms with van der Waals surface area (Å²) in [5.74, 6) is 1.57. The highest BCUT2D eigenvalue weighted by Crippen LogP contribution is 2.25. The largest absolute Gasteiger partial charge is 0.491 e.